The van der Waals surface area contributed by atoms with E-state index in [-0.39, 0.29) is 0 Å². The maximum Gasteiger partial charge on any atom is -0.0150 e. The van der Waals surface area contributed by atoms with Gasteiger partial charge in [-0.05, 0) is 102 Å². The van der Waals surface area contributed by atoms with Gasteiger partial charge in [0.25, 0.3) is 0 Å². The van der Waals surface area contributed by atoms with Gasteiger partial charge in [0.15, 0.2) is 0 Å². The second-order valence-electron chi connectivity index (χ2n) is 9.89. The molecule has 3 unspecified atom stereocenters. The van der Waals surface area contributed by atoms with Crippen LogP contribution in [0.4, 0.5) is 0 Å². The normalized spacial score (nSPS) is 15.5. The molecule has 0 spiro atoms. The molecule has 1 aliphatic carbocycles. The summed E-state index contributed by atoms with van der Waals surface area (Å²) in [7, 11) is 0. The lowest BCUT2D eigenvalue weighted by molar-refractivity contribution is 0.466. The van der Waals surface area contributed by atoms with Crippen molar-refractivity contribution in [3.63, 3.8) is 0 Å². The first-order valence-electron chi connectivity index (χ1n) is 12.9. The summed E-state index contributed by atoms with van der Waals surface area (Å²) in [6.07, 6.45) is 8.41. The summed E-state index contributed by atoms with van der Waals surface area (Å²) in [4.78, 5) is 0. The molecule has 168 valence electrons. The van der Waals surface area contributed by atoms with E-state index < -0.39 is 0 Å². The maximum atomic E-state index is 2.53. The second kappa shape index (κ2) is 10.5. The van der Waals surface area contributed by atoms with E-state index in [1.54, 1.807) is 16.7 Å². The van der Waals surface area contributed by atoms with Crippen LogP contribution in [-0.2, 0) is 25.7 Å². The van der Waals surface area contributed by atoms with E-state index >= 15 is 0 Å². The molecule has 4 rings (SSSR count). The minimum Gasteiger partial charge on any atom is -0.0648 e. The molecule has 1 aliphatic rings. The number of benzene rings is 3. The summed E-state index contributed by atoms with van der Waals surface area (Å²) in [6, 6.07) is 26.1. The van der Waals surface area contributed by atoms with Gasteiger partial charge in [0.1, 0.15) is 0 Å². The lowest BCUT2D eigenvalue weighted by atomic mass is 9.76. The van der Waals surface area contributed by atoms with Gasteiger partial charge < -0.3 is 0 Å². The predicted octanol–water partition coefficient (Wildman–Crippen LogP) is 8.77. The van der Waals surface area contributed by atoms with Gasteiger partial charge in [-0.25, -0.2) is 0 Å². The molecule has 0 saturated carbocycles. The smallest absolute Gasteiger partial charge is 0.0150 e. The fourth-order valence-corrected chi connectivity index (χ4v) is 5.39. The molecule has 3 aromatic rings. The molecule has 3 atom stereocenters. The maximum absolute atomic E-state index is 2.53. The summed E-state index contributed by atoms with van der Waals surface area (Å²) < 4.78 is 0. The molecule has 3 aromatic carbocycles. The minimum absolute atomic E-state index is 0.567. The van der Waals surface area contributed by atoms with Gasteiger partial charge in [-0.3, -0.25) is 0 Å². The Morgan fingerprint density at radius 3 is 1.66 bits per heavy atom. The lowest BCUT2D eigenvalue weighted by Gasteiger charge is -2.29. The molecule has 0 radical (unpaired) electrons. The molecule has 0 heteroatoms. The fraction of sp³-hybridized carbons (Fsp3) is 0.438. The lowest BCUT2D eigenvalue weighted by Crippen LogP contribution is -2.13. The zero-order valence-corrected chi connectivity index (χ0v) is 20.5. The molecular weight excluding hydrogens is 384 g/mol. The highest BCUT2D eigenvalue weighted by molar-refractivity contribution is 5.40. The van der Waals surface area contributed by atoms with Crippen molar-refractivity contribution in [3.05, 3.63) is 106 Å². The van der Waals surface area contributed by atoms with Crippen molar-refractivity contribution in [3.8, 4) is 0 Å². The Bertz CT molecular complexity index is 993. The Kier molecular flexibility index (Phi) is 7.51. The number of rotatable bonds is 10. The van der Waals surface area contributed by atoms with Crippen LogP contribution in [0.25, 0.3) is 0 Å². The van der Waals surface area contributed by atoms with E-state index in [9.17, 15) is 0 Å². The third kappa shape index (κ3) is 5.17. The van der Waals surface area contributed by atoms with E-state index in [2.05, 4.69) is 94.4 Å². The molecule has 0 aliphatic heterocycles. The van der Waals surface area contributed by atoms with Gasteiger partial charge >= 0.3 is 0 Å². The fourth-order valence-electron chi connectivity index (χ4n) is 5.39. The summed E-state index contributed by atoms with van der Waals surface area (Å²) in [5, 5.41) is 0. The average molecular weight is 425 g/mol. The first kappa shape index (κ1) is 22.8. The molecule has 0 heterocycles. The molecule has 32 heavy (non-hydrogen) atoms. The molecule has 0 aromatic heterocycles. The van der Waals surface area contributed by atoms with Crippen LogP contribution in [-0.4, -0.2) is 0 Å². The second-order valence-corrected chi connectivity index (χ2v) is 9.89. The highest BCUT2D eigenvalue weighted by atomic mass is 14.3. The highest BCUT2D eigenvalue weighted by Gasteiger charge is 2.23. The molecule has 0 nitrogen and oxygen atoms in total. The van der Waals surface area contributed by atoms with Crippen LogP contribution >= 0.6 is 0 Å². The Hall–Kier alpha value is -2.34. The van der Waals surface area contributed by atoms with E-state index in [4.69, 9.17) is 0 Å². The quantitative estimate of drug-likeness (QED) is 0.305. The van der Waals surface area contributed by atoms with Gasteiger partial charge in [0, 0.05) is 0 Å². The molecule has 0 N–H and O–H groups in total. The van der Waals surface area contributed by atoms with Gasteiger partial charge in [-0.1, -0.05) is 94.4 Å². The van der Waals surface area contributed by atoms with Gasteiger partial charge in [0.2, 0.25) is 0 Å². The molecule has 0 amide bonds. The highest BCUT2D eigenvalue weighted by Crippen LogP contribution is 2.40. The summed E-state index contributed by atoms with van der Waals surface area (Å²) in [5.74, 6) is 1.78. The Morgan fingerprint density at radius 1 is 0.594 bits per heavy atom. The topological polar surface area (TPSA) is 0 Å². The zero-order valence-electron chi connectivity index (χ0n) is 20.5. The third-order valence-electron chi connectivity index (χ3n) is 7.88. The monoisotopic (exact) mass is 424 g/mol. The van der Waals surface area contributed by atoms with Crippen LogP contribution < -0.4 is 0 Å². The van der Waals surface area contributed by atoms with Crippen molar-refractivity contribution in [2.75, 3.05) is 0 Å². The molecule has 0 bridgehead atoms. The SMILES string of the molecule is CCc1ccc(C(C)CC(CC(CC)c2ccc(CC)cc2)c2ccc3c(c2)CC3)cc1. The molecule has 0 fully saturated rings. The van der Waals surface area contributed by atoms with Crippen molar-refractivity contribution in [2.24, 2.45) is 0 Å². The van der Waals surface area contributed by atoms with E-state index in [1.165, 1.54) is 54.4 Å². The van der Waals surface area contributed by atoms with Crippen molar-refractivity contribution >= 4 is 0 Å². The van der Waals surface area contributed by atoms with E-state index in [1.807, 2.05) is 0 Å². The number of hydrogen-bond donors (Lipinski definition) is 0. The first-order valence-corrected chi connectivity index (χ1v) is 12.9. The van der Waals surface area contributed by atoms with Gasteiger partial charge in [-0.2, -0.15) is 0 Å². The Balaban J connectivity index is 1.57. The molecule has 0 saturated heterocycles. The van der Waals surface area contributed by atoms with Crippen molar-refractivity contribution < 1.29 is 0 Å². The van der Waals surface area contributed by atoms with Crippen LogP contribution in [0, 0.1) is 0 Å². The third-order valence-corrected chi connectivity index (χ3v) is 7.88. The van der Waals surface area contributed by atoms with Crippen LogP contribution in [0.5, 0.6) is 0 Å². The van der Waals surface area contributed by atoms with Crippen LogP contribution in [0.3, 0.4) is 0 Å². The largest absolute Gasteiger partial charge is 0.0648 e. The van der Waals surface area contributed by atoms with Crippen molar-refractivity contribution in [2.45, 2.75) is 90.4 Å². The van der Waals surface area contributed by atoms with Gasteiger partial charge in [-0.15, -0.1) is 0 Å². The number of aryl methyl sites for hydroxylation is 4. The van der Waals surface area contributed by atoms with Crippen LogP contribution in [0.15, 0.2) is 66.7 Å². The summed E-state index contributed by atoms with van der Waals surface area (Å²) in [6.45, 7) is 9.26. The zero-order chi connectivity index (χ0) is 22.5. The Labute approximate surface area is 196 Å². The predicted molar refractivity (Wildman–Crippen MR) is 139 cm³/mol. The van der Waals surface area contributed by atoms with Crippen molar-refractivity contribution in [1.82, 2.24) is 0 Å². The number of hydrogen-bond acceptors (Lipinski definition) is 0. The van der Waals surface area contributed by atoms with Gasteiger partial charge in [0.05, 0.1) is 0 Å². The standard InChI is InChI=1S/C32H40/c1-5-24-8-12-27(13-9-24)23(4)20-32(31-19-17-29-16-18-30(29)22-31)21-26(7-3)28-14-10-25(6-2)11-15-28/h8-15,17,19,22-23,26,32H,5-7,16,18,20-21H2,1-4H3. The van der Waals surface area contributed by atoms with Crippen LogP contribution in [0.1, 0.15) is 104 Å². The van der Waals surface area contributed by atoms with Crippen LogP contribution in [0.2, 0.25) is 0 Å². The summed E-state index contributed by atoms with van der Waals surface area (Å²) >= 11 is 0. The first-order chi connectivity index (χ1) is 15.6. The van der Waals surface area contributed by atoms with Crippen molar-refractivity contribution in [1.29, 1.82) is 0 Å². The summed E-state index contributed by atoms with van der Waals surface area (Å²) in [5.41, 5.74) is 10.6. The van der Waals surface area contributed by atoms with E-state index in [0.29, 0.717) is 17.8 Å². The Morgan fingerprint density at radius 2 is 1.16 bits per heavy atom. The average Bonchev–Trinajstić information content (AvgIpc) is 2.82. The minimum atomic E-state index is 0.567. The molecular formula is C32H40. The number of fused-ring (bicyclic) bond motifs is 1. The van der Waals surface area contributed by atoms with E-state index in [0.717, 1.165) is 12.8 Å².